The van der Waals surface area contributed by atoms with Gasteiger partial charge >= 0.3 is 0 Å². The van der Waals surface area contributed by atoms with Gasteiger partial charge in [0.25, 0.3) is 0 Å². The second-order valence-electron chi connectivity index (χ2n) is 4.10. The van der Waals surface area contributed by atoms with Crippen LogP contribution in [0.4, 0.5) is 0 Å². The molecule has 2 saturated heterocycles. The van der Waals surface area contributed by atoms with Crippen molar-refractivity contribution in [2.24, 2.45) is 5.92 Å². The molecule has 2 heterocycles. The summed E-state index contributed by atoms with van der Waals surface area (Å²) in [4.78, 5) is 2.55. The molecule has 1 N–H and O–H groups in total. The van der Waals surface area contributed by atoms with Crippen molar-refractivity contribution in [3.63, 3.8) is 0 Å². The summed E-state index contributed by atoms with van der Waals surface area (Å²) in [5, 5.41) is 3.27. The standard InChI is InChI=1S/C9H18N2/c1-10-6-7-3-8-5-9(4-7)11(8)2/h7-10H,3-6H2,1-2H3. The Kier molecular flexibility index (Phi) is 1.90. The predicted octanol–water partition coefficient (Wildman–Crippen LogP) is 0.688. The second-order valence-corrected chi connectivity index (χ2v) is 4.10. The van der Waals surface area contributed by atoms with E-state index < -0.39 is 0 Å². The number of nitrogens with zero attached hydrogens (tertiary/aromatic N) is 1. The summed E-state index contributed by atoms with van der Waals surface area (Å²) in [5.74, 6) is 0.958. The maximum absolute atomic E-state index is 3.27. The quantitative estimate of drug-likeness (QED) is 0.629. The molecule has 2 aliphatic heterocycles. The van der Waals surface area contributed by atoms with E-state index in [1.54, 1.807) is 0 Å². The zero-order valence-corrected chi connectivity index (χ0v) is 7.51. The highest BCUT2D eigenvalue weighted by molar-refractivity contribution is 4.98. The Bertz CT molecular complexity index is 134. The molecule has 2 heteroatoms. The number of hydrogen-bond acceptors (Lipinski definition) is 2. The molecule has 3 rings (SSSR count). The average molecular weight is 154 g/mol. The minimum Gasteiger partial charge on any atom is -0.319 e. The van der Waals surface area contributed by atoms with Crippen molar-refractivity contribution >= 4 is 0 Å². The minimum atomic E-state index is 0.923. The van der Waals surface area contributed by atoms with Crippen molar-refractivity contribution in [1.82, 2.24) is 10.2 Å². The van der Waals surface area contributed by atoms with Crippen molar-refractivity contribution in [1.29, 1.82) is 0 Å². The predicted molar refractivity (Wildman–Crippen MR) is 46.6 cm³/mol. The third-order valence-electron chi connectivity index (χ3n) is 3.40. The molecule has 64 valence electrons. The highest BCUT2D eigenvalue weighted by Gasteiger charge is 2.42. The van der Waals surface area contributed by atoms with Crippen LogP contribution in [0.3, 0.4) is 0 Å². The van der Waals surface area contributed by atoms with Gasteiger partial charge in [-0.05, 0) is 45.8 Å². The number of fused-ring (bicyclic) bond motifs is 2. The van der Waals surface area contributed by atoms with E-state index in [1.165, 1.54) is 25.8 Å². The lowest BCUT2D eigenvalue weighted by atomic mass is 9.74. The van der Waals surface area contributed by atoms with Crippen LogP contribution in [0.15, 0.2) is 0 Å². The number of hydrogen-bond donors (Lipinski definition) is 1. The molecule has 0 aromatic heterocycles. The van der Waals surface area contributed by atoms with E-state index in [0.717, 1.165) is 18.0 Å². The molecule has 11 heavy (non-hydrogen) atoms. The second kappa shape index (κ2) is 2.76. The van der Waals surface area contributed by atoms with Crippen molar-refractivity contribution in [2.75, 3.05) is 20.6 Å². The smallest absolute Gasteiger partial charge is 0.0113 e. The molecule has 0 amide bonds. The molecule has 3 fully saturated rings. The molecule has 2 unspecified atom stereocenters. The molecule has 0 radical (unpaired) electrons. The van der Waals surface area contributed by atoms with Gasteiger partial charge in [0.1, 0.15) is 0 Å². The summed E-state index contributed by atoms with van der Waals surface area (Å²) in [6.07, 6.45) is 4.32. The molecule has 2 nitrogen and oxygen atoms in total. The highest BCUT2D eigenvalue weighted by atomic mass is 15.2. The first kappa shape index (κ1) is 7.56. The maximum atomic E-state index is 3.27. The van der Waals surface area contributed by atoms with Crippen LogP contribution < -0.4 is 5.32 Å². The van der Waals surface area contributed by atoms with Gasteiger partial charge in [-0.2, -0.15) is 0 Å². The van der Waals surface area contributed by atoms with Crippen molar-refractivity contribution in [3.05, 3.63) is 0 Å². The zero-order chi connectivity index (χ0) is 7.84. The summed E-state index contributed by atoms with van der Waals surface area (Å²) >= 11 is 0. The van der Waals surface area contributed by atoms with Gasteiger partial charge in [-0.15, -0.1) is 0 Å². The van der Waals surface area contributed by atoms with Crippen molar-refractivity contribution in [3.8, 4) is 0 Å². The molecular formula is C9H18N2. The van der Waals surface area contributed by atoms with Gasteiger partial charge in [-0.3, -0.25) is 0 Å². The van der Waals surface area contributed by atoms with E-state index in [4.69, 9.17) is 0 Å². The van der Waals surface area contributed by atoms with Gasteiger partial charge in [0, 0.05) is 12.1 Å². The monoisotopic (exact) mass is 154 g/mol. The zero-order valence-electron chi connectivity index (χ0n) is 7.51. The Morgan fingerprint density at radius 3 is 2.36 bits per heavy atom. The van der Waals surface area contributed by atoms with Crippen LogP contribution in [0, 0.1) is 5.92 Å². The molecule has 0 aromatic carbocycles. The van der Waals surface area contributed by atoms with Crippen LogP contribution in [0.25, 0.3) is 0 Å². The summed E-state index contributed by atoms with van der Waals surface area (Å²) in [7, 11) is 4.33. The van der Waals surface area contributed by atoms with Gasteiger partial charge in [0.2, 0.25) is 0 Å². The van der Waals surface area contributed by atoms with Crippen LogP contribution in [0.1, 0.15) is 19.3 Å². The fraction of sp³-hybridized carbons (Fsp3) is 1.00. The normalized spacial score (nSPS) is 43.6. The van der Waals surface area contributed by atoms with E-state index in [2.05, 4.69) is 24.3 Å². The fourth-order valence-corrected chi connectivity index (χ4v) is 2.65. The van der Waals surface area contributed by atoms with Crippen LogP contribution in [0.5, 0.6) is 0 Å². The first-order chi connectivity index (χ1) is 5.31. The SMILES string of the molecule is CNCC1CC2CC(C1)N2C. The van der Waals surface area contributed by atoms with E-state index in [1.807, 2.05) is 0 Å². The molecule has 1 aliphatic carbocycles. The van der Waals surface area contributed by atoms with E-state index in [-0.39, 0.29) is 0 Å². The van der Waals surface area contributed by atoms with Gasteiger partial charge in [-0.1, -0.05) is 0 Å². The molecule has 3 aliphatic rings. The number of piperidine rings is 1. The molecule has 0 spiro atoms. The molecular weight excluding hydrogens is 136 g/mol. The third-order valence-corrected chi connectivity index (χ3v) is 3.40. The van der Waals surface area contributed by atoms with Crippen LogP contribution >= 0.6 is 0 Å². The summed E-state index contributed by atoms with van der Waals surface area (Å²) in [6.45, 7) is 1.22. The summed E-state index contributed by atoms with van der Waals surface area (Å²) < 4.78 is 0. The van der Waals surface area contributed by atoms with Gasteiger partial charge in [0.05, 0.1) is 0 Å². The lowest BCUT2D eigenvalue weighted by Gasteiger charge is -2.53. The lowest BCUT2D eigenvalue weighted by Crippen LogP contribution is -2.59. The minimum absolute atomic E-state index is 0.923. The summed E-state index contributed by atoms with van der Waals surface area (Å²) in [6, 6.07) is 1.85. The first-order valence-corrected chi connectivity index (χ1v) is 4.67. The summed E-state index contributed by atoms with van der Waals surface area (Å²) in [5.41, 5.74) is 0. The molecule has 2 atom stereocenters. The first-order valence-electron chi connectivity index (χ1n) is 4.67. The van der Waals surface area contributed by atoms with E-state index in [0.29, 0.717) is 0 Å². The molecule has 1 saturated carbocycles. The van der Waals surface area contributed by atoms with Crippen LogP contribution in [-0.2, 0) is 0 Å². The number of nitrogens with one attached hydrogen (secondary N) is 1. The Morgan fingerprint density at radius 2 is 1.91 bits per heavy atom. The van der Waals surface area contributed by atoms with E-state index >= 15 is 0 Å². The lowest BCUT2D eigenvalue weighted by molar-refractivity contribution is -0.0293. The van der Waals surface area contributed by atoms with Gasteiger partial charge < -0.3 is 10.2 Å². The Balaban J connectivity index is 1.84. The van der Waals surface area contributed by atoms with Crippen molar-refractivity contribution < 1.29 is 0 Å². The topological polar surface area (TPSA) is 15.3 Å². The van der Waals surface area contributed by atoms with Gasteiger partial charge in [-0.25, -0.2) is 0 Å². The Hall–Kier alpha value is -0.0800. The highest BCUT2D eigenvalue weighted by Crippen LogP contribution is 2.39. The fourth-order valence-electron chi connectivity index (χ4n) is 2.65. The van der Waals surface area contributed by atoms with Gasteiger partial charge in [0.15, 0.2) is 0 Å². The Morgan fingerprint density at radius 1 is 1.27 bits per heavy atom. The molecule has 0 aromatic rings. The largest absolute Gasteiger partial charge is 0.319 e. The van der Waals surface area contributed by atoms with Crippen LogP contribution in [0.2, 0.25) is 0 Å². The maximum Gasteiger partial charge on any atom is 0.0113 e. The van der Waals surface area contributed by atoms with Crippen molar-refractivity contribution in [2.45, 2.75) is 31.3 Å². The third kappa shape index (κ3) is 1.18. The number of rotatable bonds is 2. The van der Waals surface area contributed by atoms with E-state index in [9.17, 15) is 0 Å². The Labute approximate surface area is 69.0 Å². The van der Waals surface area contributed by atoms with Crippen LogP contribution in [-0.4, -0.2) is 37.6 Å². The molecule has 2 bridgehead atoms. The average Bonchev–Trinajstić information content (AvgIpc) is 2.05.